The van der Waals surface area contributed by atoms with Crippen molar-refractivity contribution in [1.29, 1.82) is 0 Å². The molecule has 120 valence electrons. The van der Waals surface area contributed by atoms with Crippen LogP contribution in [0, 0.1) is 12.3 Å². The molecular weight excluding hydrogens is 300 g/mol. The number of nitrogens with one attached hydrogen (secondary N) is 1. The number of rotatable bonds is 7. The number of aliphatic hydroxyl groups excluding tert-OH is 1. The standard InChI is InChI=1S/C16H22N2O3S/c1-4-16(5-2,10-19)9-17-15(20)12-6-14(21-7-12)13-8-22-11(3)18-13/h6-8,19H,4-5,9-10H2,1-3H3,(H,17,20). The number of amides is 1. The number of hydrogen-bond acceptors (Lipinski definition) is 5. The summed E-state index contributed by atoms with van der Waals surface area (Å²) < 4.78 is 5.43. The SMILES string of the molecule is CCC(CC)(CO)CNC(=O)c1coc(-c2csc(C)n2)c1. The Morgan fingerprint density at radius 3 is 2.73 bits per heavy atom. The summed E-state index contributed by atoms with van der Waals surface area (Å²) in [5, 5.41) is 15.3. The maximum absolute atomic E-state index is 12.2. The summed E-state index contributed by atoms with van der Waals surface area (Å²) in [6.45, 7) is 6.48. The van der Waals surface area contributed by atoms with Crippen LogP contribution in [0.2, 0.25) is 0 Å². The van der Waals surface area contributed by atoms with Crippen LogP contribution in [-0.4, -0.2) is 29.1 Å². The van der Waals surface area contributed by atoms with Gasteiger partial charge >= 0.3 is 0 Å². The molecule has 0 fully saturated rings. The number of thiazole rings is 1. The minimum atomic E-state index is -0.256. The molecule has 2 N–H and O–H groups in total. The van der Waals surface area contributed by atoms with E-state index in [2.05, 4.69) is 10.3 Å². The second kappa shape index (κ2) is 7.07. The van der Waals surface area contributed by atoms with Crippen LogP contribution in [0.4, 0.5) is 0 Å². The van der Waals surface area contributed by atoms with E-state index in [1.807, 2.05) is 26.2 Å². The first kappa shape index (κ1) is 16.7. The third kappa shape index (κ3) is 3.56. The van der Waals surface area contributed by atoms with Gasteiger partial charge in [-0.25, -0.2) is 4.98 Å². The number of furan rings is 1. The van der Waals surface area contributed by atoms with Gasteiger partial charge < -0.3 is 14.8 Å². The molecule has 0 radical (unpaired) electrons. The van der Waals surface area contributed by atoms with Crippen LogP contribution in [0.15, 0.2) is 22.1 Å². The van der Waals surface area contributed by atoms with E-state index in [1.54, 1.807) is 17.4 Å². The van der Waals surface area contributed by atoms with E-state index >= 15 is 0 Å². The predicted octanol–water partition coefficient (Wildman–Crippen LogP) is 3.24. The summed E-state index contributed by atoms with van der Waals surface area (Å²) in [5.41, 5.74) is 0.960. The maximum Gasteiger partial charge on any atom is 0.254 e. The topological polar surface area (TPSA) is 75.4 Å². The molecule has 2 rings (SSSR count). The van der Waals surface area contributed by atoms with Gasteiger partial charge in [0.05, 0.1) is 17.2 Å². The van der Waals surface area contributed by atoms with Crippen molar-refractivity contribution in [3.63, 3.8) is 0 Å². The summed E-state index contributed by atoms with van der Waals surface area (Å²) in [6, 6.07) is 1.70. The Morgan fingerprint density at radius 1 is 1.45 bits per heavy atom. The molecule has 0 saturated carbocycles. The van der Waals surface area contributed by atoms with Crippen LogP contribution < -0.4 is 5.32 Å². The number of aromatic nitrogens is 1. The number of carbonyl (C=O) groups excluding carboxylic acids is 1. The maximum atomic E-state index is 12.2. The van der Waals surface area contributed by atoms with Crippen molar-refractivity contribution in [3.05, 3.63) is 28.3 Å². The normalized spacial score (nSPS) is 11.6. The Hall–Kier alpha value is -1.66. The molecule has 2 aromatic heterocycles. The van der Waals surface area contributed by atoms with Gasteiger partial charge in [-0.15, -0.1) is 11.3 Å². The molecule has 0 atom stereocenters. The van der Waals surface area contributed by atoms with Crippen molar-refractivity contribution in [2.24, 2.45) is 5.41 Å². The lowest BCUT2D eigenvalue weighted by Gasteiger charge is -2.29. The van der Waals surface area contributed by atoms with Crippen LogP contribution in [-0.2, 0) is 0 Å². The number of nitrogens with zero attached hydrogens (tertiary/aromatic N) is 1. The van der Waals surface area contributed by atoms with E-state index in [1.165, 1.54) is 6.26 Å². The summed E-state index contributed by atoms with van der Waals surface area (Å²) in [6.07, 6.45) is 3.07. The van der Waals surface area contributed by atoms with Crippen molar-refractivity contribution < 1.29 is 14.3 Å². The van der Waals surface area contributed by atoms with Crippen molar-refractivity contribution in [2.45, 2.75) is 33.6 Å². The summed E-state index contributed by atoms with van der Waals surface area (Å²) >= 11 is 1.54. The van der Waals surface area contributed by atoms with E-state index in [-0.39, 0.29) is 17.9 Å². The Bertz CT molecular complexity index is 621. The number of aliphatic hydroxyl groups is 1. The molecule has 2 heterocycles. The number of carbonyl (C=O) groups is 1. The van der Waals surface area contributed by atoms with Gasteiger partial charge in [0.15, 0.2) is 5.76 Å². The number of aryl methyl sites for hydroxylation is 1. The van der Waals surface area contributed by atoms with Gasteiger partial charge in [0, 0.05) is 17.3 Å². The highest BCUT2D eigenvalue weighted by molar-refractivity contribution is 7.09. The van der Waals surface area contributed by atoms with E-state index in [0.29, 0.717) is 17.9 Å². The van der Waals surface area contributed by atoms with Crippen LogP contribution in [0.3, 0.4) is 0 Å². The van der Waals surface area contributed by atoms with Crippen LogP contribution in [0.5, 0.6) is 0 Å². The molecule has 2 aromatic rings. The molecule has 22 heavy (non-hydrogen) atoms. The van der Waals surface area contributed by atoms with Gasteiger partial charge in [-0.05, 0) is 25.8 Å². The van der Waals surface area contributed by atoms with Crippen LogP contribution in [0.1, 0.15) is 42.1 Å². The molecule has 0 saturated heterocycles. The fraction of sp³-hybridized carbons (Fsp3) is 0.500. The molecule has 0 aromatic carbocycles. The molecule has 1 amide bonds. The van der Waals surface area contributed by atoms with Gasteiger partial charge in [-0.3, -0.25) is 4.79 Å². The van der Waals surface area contributed by atoms with Gasteiger partial charge in [0.2, 0.25) is 0 Å². The van der Waals surface area contributed by atoms with Crippen molar-refractivity contribution in [2.75, 3.05) is 13.2 Å². The molecule has 0 aliphatic heterocycles. The molecule has 0 unspecified atom stereocenters. The first-order valence-electron chi connectivity index (χ1n) is 7.43. The van der Waals surface area contributed by atoms with E-state index in [0.717, 1.165) is 23.5 Å². The fourth-order valence-corrected chi connectivity index (χ4v) is 2.82. The Morgan fingerprint density at radius 2 is 2.18 bits per heavy atom. The highest BCUT2D eigenvalue weighted by Crippen LogP contribution is 2.26. The second-order valence-corrected chi connectivity index (χ2v) is 6.56. The highest BCUT2D eigenvalue weighted by atomic mass is 32.1. The van der Waals surface area contributed by atoms with E-state index < -0.39 is 0 Å². The quantitative estimate of drug-likeness (QED) is 0.820. The van der Waals surface area contributed by atoms with Crippen LogP contribution >= 0.6 is 11.3 Å². The van der Waals surface area contributed by atoms with Crippen molar-refractivity contribution in [3.8, 4) is 11.5 Å². The zero-order chi connectivity index (χ0) is 16.2. The largest absolute Gasteiger partial charge is 0.462 e. The average molecular weight is 322 g/mol. The van der Waals surface area contributed by atoms with Crippen molar-refractivity contribution in [1.82, 2.24) is 10.3 Å². The minimum absolute atomic E-state index is 0.0645. The molecule has 0 aliphatic carbocycles. The van der Waals surface area contributed by atoms with Gasteiger partial charge in [0.1, 0.15) is 12.0 Å². The lowest BCUT2D eigenvalue weighted by molar-refractivity contribution is 0.0850. The molecule has 0 spiro atoms. The Labute approximate surface area is 134 Å². The van der Waals surface area contributed by atoms with Crippen molar-refractivity contribution >= 4 is 17.2 Å². The third-order valence-corrected chi connectivity index (χ3v) is 4.97. The summed E-state index contributed by atoms with van der Waals surface area (Å²) in [7, 11) is 0. The average Bonchev–Trinajstić information content (AvgIpc) is 3.17. The minimum Gasteiger partial charge on any atom is -0.462 e. The van der Waals surface area contributed by atoms with E-state index in [9.17, 15) is 9.90 Å². The predicted molar refractivity (Wildman–Crippen MR) is 87.0 cm³/mol. The molecule has 5 nitrogen and oxygen atoms in total. The van der Waals surface area contributed by atoms with Gasteiger partial charge in [0.25, 0.3) is 5.91 Å². The van der Waals surface area contributed by atoms with Gasteiger partial charge in [-0.2, -0.15) is 0 Å². The first-order chi connectivity index (χ1) is 10.5. The van der Waals surface area contributed by atoms with Crippen LogP contribution in [0.25, 0.3) is 11.5 Å². The molecule has 6 heteroatoms. The zero-order valence-corrected chi connectivity index (χ0v) is 14.0. The second-order valence-electron chi connectivity index (χ2n) is 5.50. The highest BCUT2D eigenvalue weighted by Gasteiger charge is 2.26. The monoisotopic (exact) mass is 322 g/mol. The van der Waals surface area contributed by atoms with Gasteiger partial charge in [-0.1, -0.05) is 13.8 Å². The fourth-order valence-electron chi connectivity index (χ4n) is 2.22. The molecule has 0 aliphatic rings. The summed E-state index contributed by atoms with van der Waals surface area (Å²) in [4.78, 5) is 16.6. The van der Waals surface area contributed by atoms with E-state index in [4.69, 9.17) is 4.42 Å². The molecular formula is C16H22N2O3S. The summed E-state index contributed by atoms with van der Waals surface area (Å²) in [5.74, 6) is 0.399. The molecule has 0 bridgehead atoms. The smallest absolute Gasteiger partial charge is 0.254 e. The zero-order valence-electron chi connectivity index (χ0n) is 13.2. The first-order valence-corrected chi connectivity index (χ1v) is 8.31. The lowest BCUT2D eigenvalue weighted by atomic mass is 9.83. The lowest BCUT2D eigenvalue weighted by Crippen LogP contribution is -2.39. The third-order valence-electron chi connectivity index (χ3n) is 4.19. The number of hydrogen-bond donors (Lipinski definition) is 2. The Kier molecular flexibility index (Phi) is 5.37. The Balaban J connectivity index is 2.03.